The normalized spacial score (nSPS) is 21.8. The minimum Gasteiger partial charge on any atom is -0.478 e. The van der Waals surface area contributed by atoms with E-state index in [1.165, 1.54) is 31.3 Å². The second-order valence-corrected chi connectivity index (χ2v) is 7.84. The lowest BCUT2D eigenvalue weighted by Crippen LogP contribution is -2.52. The van der Waals surface area contributed by atoms with Crippen molar-refractivity contribution in [2.75, 3.05) is 19.6 Å². The fourth-order valence-corrected chi connectivity index (χ4v) is 4.09. The van der Waals surface area contributed by atoms with E-state index in [-0.39, 0.29) is 6.10 Å². The number of piperidine rings is 3. The van der Waals surface area contributed by atoms with Crippen LogP contribution in [0.4, 0.5) is 0 Å². The predicted molar refractivity (Wildman–Crippen MR) is 117 cm³/mol. The number of fused-ring (bicyclic) bond motifs is 4. The van der Waals surface area contributed by atoms with Gasteiger partial charge in [-0.25, -0.2) is 9.59 Å². The number of benzene rings is 1. The Hall–Kier alpha value is -3.72. The van der Waals surface area contributed by atoms with Crippen LogP contribution in [0.15, 0.2) is 54.7 Å². The van der Waals surface area contributed by atoms with Crippen LogP contribution in [-0.4, -0.2) is 68.0 Å². The number of hydrogen-bond acceptors (Lipinski definition) is 6. The van der Waals surface area contributed by atoms with E-state index in [4.69, 9.17) is 14.9 Å². The SMILES string of the molecule is O=C(O)C=CC(=O)O.c1cc2cc(-c3ccc(O[C@H]4CN5CCC4CC5)nn3)ccc2[nH]1. The van der Waals surface area contributed by atoms with Gasteiger partial charge in [0.1, 0.15) is 6.10 Å². The van der Waals surface area contributed by atoms with Gasteiger partial charge in [0.15, 0.2) is 0 Å². The molecule has 6 rings (SSSR count). The molecule has 9 nitrogen and oxygen atoms in total. The average molecular weight is 436 g/mol. The van der Waals surface area contributed by atoms with Gasteiger partial charge in [-0.3, -0.25) is 4.90 Å². The van der Waals surface area contributed by atoms with Crippen LogP contribution >= 0.6 is 0 Å². The zero-order chi connectivity index (χ0) is 22.5. The van der Waals surface area contributed by atoms with Gasteiger partial charge in [-0.1, -0.05) is 6.07 Å². The van der Waals surface area contributed by atoms with Crippen LogP contribution in [0, 0.1) is 5.92 Å². The van der Waals surface area contributed by atoms with Gasteiger partial charge in [0.05, 0.1) is 5.69 Å². The van der Waals surface area contributed by atoms with Gasteiger partial charge in [0.25, 0.3) is 0 Å². The van der Waals surface area contributed by atoms with Gasteiger partial charge in [-0.15, -0.1) is 10.2 Å². The molecule has 32 heavy (non-hydrogen) atoms. The maximum atomic E-state index is 9.55. The number of carboxylic acids is 2. The Morgan fingerprint density at radius 3 is 2.38 bits per heavy atom. The number of nitrogens with zero attached hydrogens (tertiary/aromatic N) is 3. The van der Waals surface area contributed by atoms with Gasteiger partial charge >= 0.3 is 11.9 Å². The number of aromatic nitrogens is 3. The number of carbonyl (C=O) groups is 2. The summed E-state index contributed by atoms with van der Waals surface area (Å²) >= 11 is 0. The van der Waals surface area contributed by atoms with Crippen molar-refractivity contribution in [3.63, 3.8) is 0 Å². The smallest absolute Gasteiger partial charge is 0.328 e. The fraction of sp³-hybridized carbons (Fsp3) is 0.304. The summed E-state index contributed by atoms with van der Waals surface area (Å²) < 4.78 is 6.12. The number of aromatic amines is 1. The molecule has 1 aromatic carbocycles. The van der Waals surface area contributed by atoms with Crippen molar-refractivity contribution in [1.82, 2.24) is 20.1 Å². The third-order valence-electron chi connectivity index (χ3n) is 5.73. The molecular formula is C23H24N4O5. The highest BCUT2D eigenvalue weighted by Gasteiger charge is 2.35. The van der Waals surface area contributed by atoms with Crippen molar-refractivity contribution in [2.45, 2.75) is 18.9 Å². The van der Waals surface area contributed by atoms with Gasteiger partial charge in [0.2, 0.25) is 5.88 Å². The largest absolute Gasteiger partial charge is 0.478 e. The van der Waals surface area contributed by atoms with E-state index < -0.39 is 11.9 Å². The molecular weight excluding hydrogens is 412 g/mol. The highest BCUT2D eigenvalue weighted by Crippen LogP contribution is 2.30. The molecule has 3 aliphatic rings. The van der Waals surface area contributed by atoms with E-state index in [0.29, 0.717) is 23.9 Å². The van der Waals surface area contributed by atoms with E-state index in [0.717, 1.165) is 23.3 Å². The topological polar surface area (TPSA) is 129 Å². The fourth-order valence-electron chi connectivity index (χ4n) is 4.09. The summed E-state index contributed by atoms with van der Waals surface area (Å²) in [6, 6.07) is 12.3. The van der Waals surface area contributed by atoms with Gasteiger partial charge in [0, 0.05) is 47.4 Å². The summed E-state index contributed by atoms with van der Waals surface area (Å²) in [5, 5.41) is 25.5. The zero-order valence-corrected chi connectivity index (χ0v) is 17.3. The Morgan fingerprint density at radius 1 is 1.03 bits per heavy atom. The molecule has 0 radical (unpaired) electrons. The average Bonchev–Trinajstić information content (AvgIpc) is 3.27. The molecule has 0 spiro atoms. The Kier molecular flexibility index (Phi) is 6.46. The van der Waals surface area contributed by atoms with Crippen molar-refractivity contribution in [1.29, 1.82) is 0 Å². The van der Waals surface area contributed by atoms with Crippen LogP contribution in [0.2, 0.25) is 0 Å². The van der Waals surface area contributed by atoms with Crippen molar-refractivity contribution < 1.29 is 24.5 Å². The number of hydrogen-bond donors (Lipinski definition) is 3. The first-order chi connectivity index (χ1) is 15.5. The summed E-state index contributed by atoms with van der Waals surface area (Å²) in [4.78, 5) is 24.8. The summed E-state index contributed by atoms with van der Waals surface area (Å²) in [5.41, 5.74) is 3.08. The second-order valence-electron chi connectivity index (χ2n) is 7.84. The van der Waals surface area contributed by atoms with E-state index in [1.807, 2.05) is 18.3 Å². The maximum Gasteiger partial charge on any atom is 0.328 e. The molecule has 166 valence electrons. The lowest BCUT2D eigenvalue weighted by molar-refractivity contribution is -0.134. The second kappa shape index (κ2) is 9.61. The molecule has 0 amide bonds. The third-order valence-corrected chi connectivity index (χ3v) is 5.73. The number of rotatable bonds is 5. The van der Waals surface area contributed by atoms with E-state index >= 15 is 0 Å². The van der Waals surface area contributed by atoms with Crippen LogP contribution in [0.5, 0.6) is 5.88 Å². The quantitative estimate of drug-likeness (QED) is 0.521. The first kappa shape index (κ1) is 21.5. The minimum atomic E-state index is -1.26. The lowest BCUT2D eigenvalue weighted by Gasteiger charge is -2.44. The minimum absolute atomic E-state index is 0.267. The van der Waals surface area contributed by atoms with E-state index in [1.54, 1.807) is 0 Å². The van der Waals surface area contributed by atoms with Crippen molar-refractivity contribution >= 4 is 22.8 Å². The number of aliphatic carboxylic acids is 2. The van der Waals surface area contributed by atoms with E-state index in [2.05, 4.69) is 44.3 Å². The summed E-state index contributed by atoms with van der Waals surface area (Å²) in [5.74, 6) is -1.20. The highest BCUT2D eigenvalue weighted by atomic mass is 16.5. The molecule has 3 saturated heterocycles. The molecule has 3 fully saturated rings. The third kappa shape index (κ3) is 5.30. The van der Waals surface area contributed by atoms with Gasteiger partial charge < -0.3 is 19.9 Å². The van der Waals surface area contributed by atoms with Crippen molar-refractivity contribution in [3.05, 3.63) is 54.7 Å². The Morgan fingerprint density at radius 2 is 1.78 bits per heavy atom. The lowest BCUT2D eigenvalue weighted by atomic mass is 9.86. The number of ether oxygens (including phenoxy) is 1. The standard InChI is InChI=1S/C19H20N4O.C4H4O4/c1-2-16-15(5-8-20-16)11-14(1)17-3-4-19(22-21-17)24-18-12-23-9-6-13(18)7-10-23;5-3(6)1-2-4(7)8/h1-5,8,11,13,18,20H,6-7,9-10,12H2;1-2H,(H,5,6)(H,7,8)/t18-;/m0./s1. The first-order valence-corrected chi connectivity index (χ1v) is 10.4. The maximum absolute atomic E-state index is 9.55. The Balaban J connectivity index is 0.000000265. The Bertz CT molecular complexity index is 1100. The van der Waals surface area contributed by atoms with Crippen LogP contribution in [0.1, 0.15) is 12.8 Å². The molecule has 9 heteroatoms. The van der Waals surface area contributed by atoms with Gasteiger partial charge in [-0.2, -0.15) is 0 Å². The van der Waals surface area contributed by atoms with Crippen LogP contribution in [-0.2, 0) is 9.59 Å². The molecule has 3 aromatic rings. The van der Waals surface area contributed by atoms with Crippen LogP contribution in [0.3, 0.4) is 0 Å². The number of nitrogens with one attached hydrogen (secondary N) is 1. The van der Waals surface area contributed by atoms with Crippen molar-refractivity contribution in [3.8, 4) is 17.1 Å². The molecule has 0 aliphatic carbocycles. The molecule has 1 atom stereocenters. The van der Waals surface area contributed by atoms with Crippen LogP contribution in [0.25, 0.3) is 22.2 Å². The first-order valence-electron chi connectivity index (χ1n) is 10.4. The van der Waals surface area contributed by atoms with Gasteiger partial charge in [-0.05, 0) is 56.1 Å². The monoisotopic (exact) mass is 436 g/mol. The molecule has 2 aromatic heterocycles. The number of carboxylic acid groups (broad SMARTS) is 2. The molecule has 0 unspecified atom stereocenters. The summed E-state index contributed by atoms with van der Waals surface area (Å²) in [6.45, 7) is 3.46. The molecule has 3 aliphatic heterocycles. The zero-order valence-electron chi connectivity index (χ0n) is 17.3. The molecule has 0 saturated carbocycles. The number of H-pyrrole nitrogens is 1. The summed E-state index contributed by atoms with van der Waals surface area (Å²) in [6.07, 6.45) is 5.82. The van der Waals surface area contributed by atoms with E-state index in [9.17, 15) is 9.59 Å². The van der Waals surface area contributed by atoms with Crippen molar-refractivity contribution in [2.24, 2.45) is 5.92 Å². The molecule has 3 N–H and O–H groups in total. The highest BCUT2D eigenvalue weighted by molar-refractivity contribution is 5.89. The predicted octanol–water partition coefficient (Wildman–Crippen LogP) is 2.81. The van der Waals surface area contributed by atoms with Crippen LogP contribution < -0.4 is 4.74 Å². The Labute approximate surface area is 184 Å². The summed E-state index contributed by atoms with van der Waals surface area (Å²) in [7, 11) is 0. The molecule has 5 heterocycles. The molecule has 2 bridgehead atoms.